The molecule has 0 spiro atoms. The summed E-state index contributed by atoms with van der Waals surface area (Å²) in [7, 11) is 0. The maximum Gasteiger partial charge on any atom is 0.123 e. The van der Waals surface area contributed by atoms with Crippen LogP contribution in [0.15, 0.2) is 24.3 Å². The van der Waals surface area contributed by atoms with Crippen LogP contribution in [0, 0.1) is 11.7 Å². The van der Waals surface area contributed by atoms with Gasteiger partial charge in [-0.1, -0.05) is 31.4 Å². The van der Waals surface area contributed by atoms with Gasteiger partial charge < -0.3 is 10.8 Å². The Hall–Kier alpha value is -0.930. The highest BCUT2D eigenvalue weighted by molar-refractivity contribution is 5.20. The molecule has 2 rings (SSSR count). The molecule has 0 bridgehead atoms. The lowest BCUT2D eigenvalue weighted by atomic mass is 9.81. The molecule has 2 atom stereocenters. The Kier molecular flexibility index (Phi) is 4.13. The third kappa shape index (κ3) is 3.05. The van der Waals surface area contributed by atoms with Crippen molar-refractivity contribution in [3.63, 3.8) is 0 Å². The third-order valence-electron chi connectivity index (χ3n) is 3.76. The second-order valence-corrected chi connectivity index (χ2v) is 4.97. The van der Waals surface area contributed by atoms with Crippen molar-refractivity contribution in [2.24, 2.45) is 11.7 Å². The van der Waals surface area contributed by atoms with Crippen molar-refractivity contribution < 1.29 is 9.50 Å². The standard InChI is InChI=1S/C14H20FNO/c15-12-8-6-10(7-9-12)13(16)14(17)11-4-2-1-3-5-11/h6-9,11,13-14,17H,1-5,16H2/t13-,14+/m1/s1. The highest BCUT2D eigenvalue weighted by Crippen LogP contribution is 2.31. The monoisotopic (exact) mass is 237 g/mol. The van der Waals surface area contributed by atoms with Crippen molar-refractivity contribution in [3.05, 3.63) is 35.6 Å². The van der Waals surface area contributed by atoms with Crippen molar-refractivity contribution in [3.8, 4) is 0 Å². The fourth-order valence-electron chi connectivity index (χ4n) is 2.65. The topological polar surface area (TPSA) is 46.2 Å². The van der Waals surface area contributed by atoms with Crippen LogP contribution in [0.5, 0.6) is 0 Å². The summed E-state index contributed by atoms with van der Waals surface area (Å²) in [6.07, 6.45) is 5.21. The Morgan fingerprint density at radius 3 is 2.29 bits per heavy atom. The van der Waals surface area contributed by atoms with Gasteiger partial charge in [-0.25, -0.2) is 4.39 Å². The van der Waals surface area contributed by atoms with Crippen molar-refractivity contribution in [2.75, 3.05) is 0 Å². The predicted molar refractivity (Wildman–Crippen MR) is 65.9 cm³/mol. The molecular formula is C14H20FNO. The first-order valence-corrected chi connectivity index (χ1v) is 6.37. The van der Waals surface area contributed by atoms with E-state index in [2.05, 4.69) is 0 Å². The first-order chi connectivity index (χ1) is 8.18. The minimum atomic E-state index is -0.513. The predicted octanol–water partition coefficient (Wildman–Crippen LogP) is 2.77. The zero-order chi connectivity index (χ0) is 12.3. The summed E-state index contributed by atoms with van der Waals surface area (Å²) in [5, 5.41) is 10.2. The summed E-state index contributed by atoms with van der Waals surface area (Å²) in [4.78, 5) is 0. The maximum atomic E-state index is 12.8. The average molecular weight is 237 g/mol. The molecule has 0 heterocycles. The summed E-state index contributed by atoms with van der Waals surface area (Å²) in [5.41, 5.74) is 6.86. The molecule has 1 aliphatic rings. The fraction of sp³-hybridized carbons (Fsp3) is 0.571. The molecule has 0 aliphatic heterocycles. The van der Waals surface area contributed by atoms with Gasteiger partial charge in [0, 0.05) is 0 Å². The van der Waals surface area contributed by atoms with Gasteiger partial charge in [-0.05, 0) is 36.5 Å². The maximum absolute atomic E-state index is 12.8. The van der Waals surface area contributed by atoms with Crippen LogP contribution in [0.25, 0.3) is 0 Å². The number of hydrogen-bond donors (Lipinski definition) is 2. The van der Waals surface area contributed by atoms with E-state index in [0.717, 1.165) is 18.4 Å². The quantitative estimate of drug-likeness (QED) is 0.849. The molecule has 0 unspecified atom stereocenters. The fourth-order valence-corrected chi connectivity index (χ4v) is 2.65. The lowest BCUT2D eigenvalue weighted by Crippen LogP contribution is -2.34. The minimum Gasteiger partial charge on any atom is -0.391 e. The van der Waals surface area contributed by atoms with Crippen LogP contribution < -0.4 is 5.73 Å². The highest BCUT2D eigenvalue weighted by atomic mass is 19.1. The SMILES string of the molecule is N[C@H](c1ccc(F)cc1)[C@@H](O)C1CCCCC1. The van der Waals surface area contributed by atoms with E-state index in [4.69, 9.17) is 5.73 Å². The van der Waals surface area contributed by atoms with E-state index in [0.29, 0.717) is 5.92 Å². The molecule has 17 heavy (non-hydrogen) atoms. The first-order valence-electron chi connectivity index (χ1n) is 6.37. The van der Waals surface area contributed by atoms with Gasteiger partial charge >= 0.3 is 0 Å². The van der Waals surface area contributed by atoms with Gasteiger partial charge in [0.2, 0.25) is 0 Å². The smallest absolute Gasteiger partial charge is 0.123 e. The summed E-state index contributed by atoms with van der Waals surface area (Å²) in [5.74, 6) is 0.0249. The van der Waals surface area contributed by atoms with Gasteiger partial charge in [0.05, 0.1) is 12.1 Å². The molecule has 1 fully saturated rings. The second-order valence-electron chi connectivity index (χ2n) is 4.97. The van der Waals surface area contributed by atoms with E-state index in [1.807, 2.05) is 0 Å². The molecule has 3 heteroatoms. The van der Waals surface area contributed by atoms with Crippen molar-refractivity contribution in [2.45, 2.75) is 44.2 Å². The molecular weight excluding hydrogens is 217 g/mol. The molecule has 0 radical (unpaired) electrons. The Balaban J connectivity index is 2.02. The van der Waals surface area contributed by atoms with E-state index in [1.54, 1.807) is 12.1 Å². The van der Waals surface area contributed by atoms with Crippen molar-refractivity contribution >= 4 is 0 Å². The van der Waals surface area contributed by atoms with Gasteiger partial charge in [0.1, 0.15) is 5.82 Å². The lowest BCUT2D eigenvalue weighted by molar-refractivity contribution is 0.0618. The summed E-state index contributed by atoms with van der Waals surface area (Å²) >= 11 is 0. The van der Waals surface area contributed by atoms with E-state index in [1.165, 1.54) is 31.4 Å². The number of aliphatic hydroxyl groups is 1. The number of halogens is 1. The largest absolute Gasteiger partial charge is 0.391 e. The highest BCUT2D eigenvalue weighted by Gasteiger charge is 2.27. The number of nitrogens with two attached hydrogens (primary N) is 1. The first kappa shape index (κ1) is 12.5. The average Bonchev–Trinajstić information content (AvgIpc) is 2.39. The summed E-state index contributed by atoms with van der Waals surface area (Å²) < 4.78 is 12.8. The number of aliphatic hydroxyl groups excluding tert-OH is 1. The molecule has 1 aliphatic carbocycles. The van der Waals surface area contributed by atoms with Crippen molar-refractivity contribution in [1.82, 2.24) is 0 Å². The van der Waals surface area contributed by atoms with Gasteiger partial charge in [-0.15, -0.1) is 0 Å². The van der Waals surface area contributed by atoms with Crippen LogP contribution in [-0.2, 0) is 0 Å². The molecule has 2 nitrogen and oxygen atoms in total. The Bertz CT molecular complexity index is 346. The van der Waals surface area contributed by atoms with Gasteiger partial charge in [-0.2, -0.15) is 0 Å². The molecule has 1 aromatic carbocycles. The molecule has 0 aromatic heterocycles. The molecule has 94 valence electrons. The Morgan fingerprint density at radius 1 is 1.12 bits per heavy atom. The summed E-state index contributed by atoms with van der Waals surface area (Å²) in [6.45, 7) is 0. The van der Waals surface area contributed by atoms with E-state index in [-0.39, 0.29) is 5.82 Å². The lowest BCUT2D eigenvalue weighted by Gasteiger charge is -2.30. The molecule has 3 N–H and O–H groups in total. The number of hydrogen-bond acceptors (Lipinski definition) is 2. The van der Waals surface area contributed by atoms with Crippen LogP contribution in [0.3, 0.4) is 0 Å². The Morgan fingerprint density at radius 2 is 1.71 bits per heavy atom. The number of benzene rings is 1. The normalized spacial score (nSPS) is 21.1. The molecule has 0 amide bonds. The molecule has 1 saturated carbocycles. The molecule has 0 saturated heterocycles. The second kappa shape index (κ2) is 5.61. The number of rotatable bonds is 3. The van der Waals surface area contributed by atoms with Crippen LogP contribution in [0.4, 0.5) is 4.39 Å². The molecule has 1 aromatic rings. The third-order valence-corrected chi connectivity index (χ3v) is 3.76. The zero-order valence-electron chi connectivity index (χ0n) is 9.98. The Labute approximate surface area is 102 Å². The van der Waals surface area contributed by atoms with Crippen LogP contribution >= 0.6 is 0 Å². The minimum absolute atomic E-state index is 0.270. The van der Waals surface area contributed by atoms with E-state index < -0.39 is 12.1 Å². The zero-order valence-corrected chi connectivity index (χ0v) is 9.98. The van der Waals surface area contributed by atoms with Crippen molar-refractivity contribution in [1.29, 1.82) is 0 Å². The van der Waals surface area contributed by atoms with Gasteiger partial charge in [-0.3, -0.25) is 0 Å². The van der Waals surface area contributed by atoms with E-state index in [9.17, 15) is 9.50 Å². The van der Waals surface area contributed by atoms with E-state index >= 15 is 0 Å². The van der Waals surface area contributed by atoms with Crippen LogP contribution in [-0.4, -0.2) is 11.2 Å². The van der Waals surface area contributed by atoms with Crippen LogP contribution in [0.2, 0.25) is 0 Å². The van der Waals surface area contributed by atoms with Crippen LogP contribution in [0.1, 0.15) is 43.7 Å². The summed E-state index contributed by atoms with van der Waals surface area (Å²) in [6, 6.07) is 5.70. The van der Waals surface area contributed by atoms with Gasteiger partial charge in [0.25, 0.3) is 0 Å². The van der Waals surface area contributed by atoms with Gasteiger partial charge in [0.15, 0.2) is 0 Å².